The minimum atomic E-state index is -0.211. The van der Waals surface area contributed by atoms with Gasteiger partial charge in [0.15, 0.2) is 0 Å². The van der Waals surface area contributed by atoms with Crippen LogP contribution in [0.15, 0.2) is 0 Å². The van der Waals surface area contributed by atoms with Crippen molar-refractivity contribution in [2.75, 3.05) is 12.4 Å². The molecule has 0 rings (SSSR count). The number of hydrogen-bond acceptors (Lipinski definition) is 2. The van der Waals surface area contributed by atoms with Crippen LogP contribution < -0.4 is 0 Å². The van der Waals surface area contributed by atoms with Crippen molar-refractivity contribution in [3.05, 3.63) is 0 Å². The summed E-state index contributed by atoms with van der Waals surface area (Å²) < 4.78 is 11.7. The maximum Gasteiger partial charge on any atom is 0.102 e. The fraction of sp³-hybridized carbons (Fsp3) is 1.00. The summed E-state index contributed by atoms with van der Waals surface area (Å²) in [6, 6.07) is 0. The Morgan fingerprint density at radius 1 is 1.62 bits per heavy atom. The molecule has 0 radical (unpaired) electrons. The highest BCUT2D eigenvalue weighted by molar-refractivity contribution is 8.76. The molecule has 0 N–H and O–H groups in total. The van der Waals surface area contributed by atoms with Gasteiger partial charge in [-0.3, -0.25) is 0 Å². The van der Waals surface area contributed by atoms with Crippen LogP contribution in [0.3, 0.4) is 0 Å². The monoisotopic (exact) mass is 154 g/mol. The summed E-state index contributed by atoms with van der Waals surface area (Å²) in [5.74, 6) is 1.06. The molecule has 0 aliphatic rings. The van der Waals surface area contributed by atoms with Crippen molar-refractivity contribution in [3.8, 4) is 0 Å². The van der Waals surface area contributed by atoms with Gasteiger partial charge in [-0.05, 0) is 6.92 Å². The maximum atomic E-state index is 11.7. The minimum Gasteiger partial charge on any atom is -0.250 e. The minimum absolute atomic E-state index is 0.167. The largest absolute Gasteiger partial charge is 0.250 e. The van der Waals surface area contributed by atoms with E-state index in [2.05, 4.69) is 6.92 Å². The van der Waals surface area contributed by atoms with Crippen LogP contribution >= 0.6 is 21.6 Å². The lowest BCUT2D eigenvalue weighted by Gasteiger charge is -2.01. The summed E-state index contributed by atoms with van der Waals surface area (Å²) in [7, 11) is 3.34. The molecular weight excluding hydrogens is 143 g/mol. The summed E-state index contributed by atoms with van der Waals surface area (Å²) in [5.41, 5.74) is 0. The highest BCUT2D eigenvalue weighted by atomic mass is 33.1. The van der Waals surface area contributed by atoms with Gasteiger partial charge in [0.2, 0.25) is 0 Å². The summed E-state index contributed by atoms with van der Waals surface area (Å²) in [6.45, 7) is 3.76. The van der Waals surface area contributed by atoms with E-state index in [9.17, 15) is 4.39 Å². The summed E-state index contributed by atoms with van der Waals surface area (Å²) in [4.78, 5) is 0. The van der Waals surface area contributed by atoms with Crippen molar-refractivity contribution < 1.29 is 4.39 Å². The molecule has 8 heavy (non-hydrogen) atoms. The van der Waals surface area contributed by atoms with Gasteiger partial charge in [0.25, 0.3) is 0 Å². The number of halogens is 1. The molecule has 0 saturated heterocycles. The fourth-order valence-electron chi connectivity index (χ4n) is 0.210. The van der Waals surface area contributed by atoms with E-state index in [-0.39, 0.29) is 11.9 Å². The van der Waals surface area contributed by atoms with Crippen LogP contribution in [0.4, 0.5) is 4.39 Å². The Morgan fingerprint density at radius 3 is 2.62 bits per heavy atom. The molecule has 1 unspecified atom stereocenters. The van der Waals surface area contributed by atoms with Gasteiger partial charge in [-0.15, -0.1) is 0 Å². The Morgan fingerprint density at radius 2 is 2.25 bits per heavy atom. The molecule has 0 aliphatic carbocycles. The molecule has 0 aromatic rings. The fourth-order valence-corrected chi connectivity index (χ4v) is 1.89. The zero-order chi connectivity index (χ0) is 6.41. The van der Waals surface area contributed by atoms with E-state index in [1.54, 1.807) is 21.6 Å². The Kier molecular flexibility index (Phi) is 6.21. The summed E-state index contributed by atoms with van der Waals surface area (Å²) in [5, 5.41) is 0.167. The van der Waals surface area contributed by atoms with Gasteiger partial charge in [0.1, 0.15) is 6.67 Å². The lowest BCUT2D eigenvalue weighted by atomic mass is 10.5. The predicted octanol–water partition coefficient (Wildman–Crippen LogP) is 2.75. The lowest BCUT2D eigenvalue weighted by Crippen LogP contribution is -1.94. The molecule has 0 nitrogen and oxygen atoms in total. The van der Waals surface area contributed by atoms with Crippen molar-refractivity contribution >= 4 is 21.6 Å². The van der Waals surface area contributed by atoms with Crippen LogP contribution in [0.5, 0.6) is 0 Å². The molecule has 50 valence electrons. The van der Waals surface area contributed by atoms with Crippen molar-refractivity contribution in [3.63, 3.8) is 0 Å². The van der Waals surface area contributed by atoms with E-state index >= 15 is 0 Å². The third-order valence-electron chi connectivity index (χ3n) is 0.567. The molecule has 0 heterocycles. The van der Waals surface area contributed by atoms with E-state index in [1.807, 2.05) is 6.92 Å². The van der Waals surface area contributed by atoms with Gasteiger partial charge in [0, 0.05) is 11.0 Å². The zero-order valence-electron chi connectivity index (χ0n) is 5.19. The average Bonchev–Trinajstić information content (AvgIpc) is 1.83. The van der Waals surface area contributed by atoms with E-state index in [0.717, 1.165) is 5.75 Å². The first-order chi connectivity index (χ1) is 3.81. The van der Waals surface area contributed by atoms with Gasteiger partial charge in [-0.2, -0.15) is 0 Å². The van der Waals surface area contributed by atoms with Gasteiger partial charge in [-0.25, -0.2) is 4.39 Å². The molecule has 1 atom stereocenters. The van der Waals surface area contributed by atoms with Gasteiger partial charge < -0.3 is 0 Å². The van der Waals surface area contributed by atoms with Gasteiger partial charge in [-0.1, -0.05) is 28.5 Å². The van der Waals surface area contributed by atoms with Crippen LogP contribution in [0.2, 0.25) is 0 Å². The normalized spacial score (nSPS) is 13.9. The van der Waals surface area contributed by atoms with Crippen molar-refractivity contribution in [1.82, 2.24) is 0 Å². The smallest absolute Gasteiger partial charge is 0.102 e. The Balaban J connectivity index is 2.86. The molecule has 0 amide bonds. The first-order valence-electron chi connectivity index (χ1n) is 2.65. The van der Waals surface area contributed by atoms with Crippen LogP contribution in [0.1, 0.15) is 13.8 Å². The van der Waals surface area contributed by atoms with E-state index in [4.69, 9.17) is 0 Å². The highest BCUT2D eigenvalue weighted by Gasteiger charge is 1.98. The van der Waals surface area contributed by atoms with Crippen LogP contribution in [-0.4, -0.2) is 17.7 Å². The van der Waals surface area contributed by atoms with Crippen molar-refractivity contribution in [2.24, 2.45) is 0 Å². The molecule has 0 spiro atoms. The van der Waals surface area contributed by atoms with Gasteiger partial charge in [0.05, 0.1) is 0 Å². The zero-order valence-corrected chi connectivity index (χ0v) is 6.82. The van der Waals surface area contributed by atoms with Crippen molar-refractivity contribution in [2.45, 2.75) is 19.1 Å². The molecule has 3 heteroatoms. The molecule has 0 aliphatic heterocycles. The Labute approximate surface area is 58.0 Å². The van der Waals surface area contributed by atoms with Crippen molar-refractivity contribution in [1.29, 1.82) is 0 Å². The first-order valence-corrected chi connectivity index (χ1v) is 5.03. The summed E-state index contributed by atoms with van der Waals surface area (Å²) >= 11 is 0. The standard InChI is InChI=1S/C5H11FS2/c1-3-7-8-5(2)4-6/h5H,3-4H2,1-2H3. The molecule has 0 aromatic carbocycles. The second-order valence-corrected chi connectivity index (χ2v) is 4.56. The topological polar surface area (TPSA) is 0 Å². The second kappa shape index (κ2) is 5.76. The SMILES string of the molecule is CCSSC(C)CF. The quantitative estimate of drug-likeness (QED) is 0.571. The molecule has 0 aromatic heterocycles. The Hall–Kier alpha value is 0.630. The first kappa shape index (κ1) is 8.63. The third-order valence-corrected chi connectivity index (χ3v) is 3.49. The molecule has 0 saturated carbocycles. The molecule has 0 fully saturated rings. The number of hydrogen-bond donors (Lipinski definition) is 0. The van der Waals surface area contributed by atoms with Crippen LogP contribution in [0, 0.1) is 0 Å². The molecular formula is C5H11FS2. The van der Waals surface area contributed by atoms with E-state index in [1.165, 1.54) is 0 Å². The average molecular weight is 154 g/mol. The summed E-state index contributed by atoms with van der Waals surface area (Å²) in [6.07, 6.45) is 0. The number of alkyl halides is 1. The van der Waals surface area contributed by atoms with E-state index < -0.39 is 0 Å². The third kappa shape index (κ3) is 4.78. The lowest BCUT2D eigenvalue weighted by molar-refractivity contribution is 0.495. The predicted molar refractivity (Wildman–Crippen MR) is 41.2 cm³/mol. The van der Waals surface area contributed by atoms with Crippen LogP contribution in [-0.2, 0) is 0 Å². The van der Waals surface area contributed by atoms with E-state index in [0.29, 0.717) is 0 Å². The van der Waals surface area contributed by atoms with Crippen LogP contribution in [0.25, 0.3) is 0 Å². The van der Waals surface area contributed by atoms with Gasteiger partial charge >= 0.3 is 0 Å². The second-order valence-electron chi connectivity index (χ2n) is 1.47. The Bertz CT molecular complexity index is 49.7. The maximum absolute atomic E-state index is 11.7. The number of rotatable bonds is 4. The molecule has 0 bridgehead atoms. The highest BCUT2D eigenvalue weighted by Crippen LogP contribution is 2.25.